The highest BCUT2D eigenvalue weighted by molar-refractivity contribution is 5.89. The Morgan fingerprint density at radius 3 is 2.95 bits per heavy atom. The summed E-state index contributed by atoms with van der Waals surface area (Å²) < 4.78 is 10.6. The molecule has 2 aliphatic heterocycles. The maximum absolute atomic E-state index is 12.0. The summed E-state index contributed by atoms with van der Waals surface area (Å²) in [5.74, 6) is 0.965. The van der Waals surface area contributed by atoms with Gasteiger partial charge in [0.15, 0.2) is 11.5 Å². The van der Waals surface area contributed by atoms with Gasteiger partial charge in [-0.2, -0.15) is 0 Å². The van der Waals surface area contributed by atoms with E-state index in [2.05, 4.69) is 10.6 Å². The number of amides is 2. The normalized spacial score (nSPS) is 21.4. The Kier molecular flexibility index (Phi) is 3.22. The number of benzene rings is 1. The minimum atomic E-state index is -0.279. The molecule has 0 saturated carbocycles. The molecule has 20 heavy (non-hydrogen) atoms. The number of rotatable bonds is 3. The molecular weight excluding hydrogens is 260 g/mol. The van der Waals surface area contributed by atoms with E-state index in [0.717, 1.165) is 11.3 Å². The quantitative estimate of drug-likeness (QED) is 0.853. The number of fused-ring (bicyclic) bond motifs is 1. The second-order valence-electron chi connectivity index (χ2n) is 5.05. The van der Waals surface area contributed by atoms with Crippen molar-refractivity contribution in [3.63, 3.8) is 0 Å². The molecule has 2 aliphatic rings. The lowest BCUT2D eigenvalue weighted by atomic mass is 10.0. The molecule has 3 rings (SSSR count). The molecule has 2 unspecified atom stereocenters. The van der Waals surface area contributed by atoms with E-state index in [0.29, 0.717) is 12.3 Å². The molecule has 6 heteroatoms. The average Bonchev–Trinajstić information content (AvgIpc) is 3.05. The number of carbonyl (C=O) groups excluding carboxylic acids is 2. The third kappa shape index (κ3) is 2.41. The van der Waals surface area contributed by atoms with Crippen molar-refractivity contribution in [3.8, 4) is 11.5 Å². The van der Waals surface area contributed by atoms with Crippen molar-refractivity contribution in [2.75, 3.05) is 13.3 Å². The Morgan fingerprint density at radius 1 is 1.40 bits per heavy atom. The summed E-state index contributed by atoms with van der Waals surface area (Å²) >= 11 is 0. The van der Waals surface area contributed by atoms with Crippen LogP contribution in [0.25, 0.3) is 0 Å². The highest BCUT2D eigenvalue weighted by Crippen LogP contribution is 2.34. The highest BCUT2D eigenvalue weighted by Gasteiger charge is 2.28. The molecule has 1 fully saturated rings. The van der Waals surface area contributed by atoms with Crippen LogP contribution >= 0.6 is 0 Å². The molecule has 0 spiro atoms. The Balaban J connectivity index is 1.65. The van der Waals surface area contributed by atoms with E-state index in [1.54, 1.807) is 0 Å². The van der Waals surface area contributed by atoms with Crippen molar-refractivity contribution in [3.05, 3.63) is 23.8 Å². The lowest BCUT2D eigenvalue weighted by molar-refractivity contribution is -0.127. The van der Waals surface area contributed by atoms with Gasteiger partial charge in [0.25, 0.3) is 0 Å². The van der Waals surface area contributed by atoms with Crippen LogP contribution in [0.2, 0.25) is 0 Å². The van der Waals surface area contributed by atoms with Gasteiger partial charge in [-0.15, -0.1) is 0 Å². The number of carbonyl (C=O) groups is 2. The van der Waals surface area contributed by atoms with Crippen LogP contribution in [-0.4, -0.2) is 25.2 Å². The third-order valence-electron chi connectivity index (χ3n) is 3.60. The topological polar surface area (TPSA) is 76.7 Å². The Labute approximate surface area is 116 Å². The molecular formula is C14H16N2O4. The molecule has 106 valence electrons. The third-order valence-corrected chi connectivity index (χ3v) is 3.60. The molecule has 0 bridgehead atoms. The molecule has 1 aromatic carbocycles. The second kappa shape index (κ2) is 5.03. The van der Waals surface area contributed by atoms with E-state index in [1.165, 1.54) is 0 Å². The summed E-state index contributed by atoms with van der Waals surface area (Å²) in [5.41, 5.74) is 0.944. The first-order valence-corrected chi connectivity index (χ1v) is 6.60. The minimum Gasteiger partial charge on any atom is -0.454 e. The average molecular weight is 276 g/mol. The van der Waals surface area contributed by atoms with Crippen LogP contribution in [-0.2, 0) is 9.59 Å². The Bertz CT molecular complexity index is 558. The SMILES string of the molecule is CC(NC(=O)C1CNC(=O)C1)c1ccc2c(c1)OCO2. The van der Waals surface area contributed by atoms with Gasteiger partial charge in [-0.3, -0.25) is 9.59 Å². The highest BCUT2D eigenvalue weighted by atomic mass is 16.7. The lowest BCUT2D eigenvalue weighted by Gasteiger charge is -2.17. The lowest BCUT2D eigenvalue weighted by Crippen LogP contribution is -2.33. The van der Waals surface area contributed by atoms with Crippen molar-refractivity contribution in [1.82, 2.24) is 10.6 Å². The molecule has 6 nitrogen and oxygen atoms in total. The standard InChI is InChI=1S/C14H16N2O4/c1-8(16-14(18)10-5-13(17)15-6-10)9-2-3-11-12(4-9)20-7-19-11/h2-4,8,10H,5-7H2,1H3,(H,15,17)(H,16,18). The zero-order valence-corrected chi connectivity index (χ0v) is 11.1. The van der Waals surface area contributed by atoms with E-state index in [1.807, 2.05) is 25.1 Å². The van der Waals surface area contributed by atoms with Gasteiger partial charge in [0.1, 0.15) is 0 Å². The van der Waals surface area contributed by atoms with Gasteiger partial charge < -0.3 is 20.1 Å². The smallest absolute Gasteiger partial charge is 0.231 e. The van der Waals surface area contributed by atoms with Crippen LogP contribution in [0.4, 0.5) is 0 Å². The largest absolute Gasteiger partial charge is 0.454 e. The van der Waals surface area contributed by atoms with Gasteiger partial charge in [0.05, 0.1) is 12.0 Å². The molecule has 2 N–H and O–H groups in total. The Morgan fingerprint density at radius 2 is 2.20 bits per heavy atom. The summed E-state index contributed by atoms with van der Waals surface area (Å²) in [6.07, 6.45) is 0.264. The van der Waals surface area contributed by atoms with Crippen molar-refractivity contribution in [1.29, 1.82) is 0 Å². The number of hydrogen-bond acceptors (Lipinski definition) is 4. The first-order chi connectivity index (χ1) is 9.63. The predicted molar refractivity (Wildman–Crippen MR) is 70.2 cm³/mol. The predicted octanol–water partition coefficient (Wildman–Crippen LogP) is 0.729. The van der Waals surface area contributed by atoms with Gasteiger partial charge in [-0.25, -0.2) is 0 Å². The van der Waals surface area contributed by atoms with Crippen LogP contribution < -0.4 is 20.1 Å². The maximum atomic E-state index is 12.0. The molecule has 1 saturated heterocycles. The summed E-state index contributed by atoms with van der Waals surface area (Å²) in [5, 5.41) is 5.58. The summed E-state index contributed by atoms with van der Waals surface area (Å²) in [6, 6.07) is 5.45. The van der Waals surface area contributed by atoms with Crippen LogP contribution in [0.15, 0.2) is 18.2 Å². The van der Waals surface area contributed by atoms with Crippen molar-refractivity contribution in [2.45, 2.75) is 19.4 Å². The summed E-state index contributed by atoms with van der Waals surface area (Å²) in [4.78, 5) is 23.2. The monoisotopic (exact) mass is 276 g/mol. The van der Waals surface area contributed by atoms with Crippen molar-refractivity contribution < 1.29 is 19.1 Å². The van der Waals surface area contributed by atoms with Crippen LogP contribution in [0.3, 0.4) is 0 Å². The molecule has 0 aromatic heterocycles. The van der Waals surface area contributed by atoms with E-state index < -0.39 is 0 Å². The number of hydrogen-bond donors (Lipinski definition) is 2. The first-order valence-electron chi connectivity index (χ1n) is 6.60. The zero-order chi connectivity index (χ0) is 14.1. The van der Waals surface area contributed by atoms with Crippen molar-refractivity contribution >= 4 is 11.8 Å². The number of ether oxygens (including phenoxy) is 2. The fraction of sp³-hybridized carbons (Fsp3) is 0.429. The van der Waals surface area contributed by atoms with E-state index in [-0.39, 0.29) is 37.0 Å². The fourth-order valence-corrected chi connectivity index (χ4v) is 2.39. The van der Waals surface area contributed by atoms with E-state index >= 15 is 0 Å². The minimum absolute atomic E-state index is 0.0686. The summed E-state index contributed by atoms with van der Waals surface area (Å²) in [6.45, 7) is 2.55. The van der Waals surface area contributed by atoms with E-state index in [9.17, 15) is 9.59 Å². The van der Waals surface area contributed by atoms with Gasteiger partial charge in [0, 0.05) is 13.0 Å². The van der Waals surface area contributed by atoms with Gasteiger partial charge in [-0.05, 0) is 24.6 Å². The molecule has 2 heterocycles. The number of nitrogens with one attached hydrogen (secondary N) is 2. The van der Waals surface area contributed by atoms with Crippen LogP contribution in [0.5, 0.6) is 11.5 Å². The zero-order valence-electron chi connectivity index (χ0n) is 11.1. The molecule has 0 aliphatic carbocycles. The van der Waals surface area contributed by atoms with Crippen molar-refractivity contribution in [2.24, 2.45) is 5.92 Å². The van der Waals surface area contributed by atoms with Gasteiger partial charge >= 0.3 is 0 Å². The fourth-order valence-electron chi connectivity index (χ4n) is 2.39. The Hall–Kier alpha value is -2.24. The molecule has 1 aromatic rings. The van der Waals surface area contributed by atoms with Gasteiger partial charge in [-0.1, -0.05) is 6.07 Å². The molecule has 2 amide bonds. The van der Waals surface area contributed by atoms with Crippen LogP contribution in [0, 0.1) is 5.92 Å². The van der Waals surface area contributed by atoms with E-state index in [4.69, 9.17) is 9.47 Å². The van der Waals surface area contributed by atoms with Crippen LogP contribution in [0.1, 0.15) is 24.9 Å². The molecule has 0 radical (unpaired) electrons. The van der Waals surface area contributed by atoms with Gasteiger partial charge in [0.2, 0.25) is 18.6 Å². The summed E-state index contributed by atoms with van der Waals surface area (Å²) in [7, 11) is 0. The first kappa shape index (κ1) is 12.8. The molecule has 2 atom stereocenters. The second-order valence-corrected chi connectivity index (χ2v) is 5.05. The maximum Gasteiger partial charge on any atom is 0.231 e.